The SMILES string of the molecule is CC/C=C\C/C=C\C/C=C\C/C=C\C/C=C\C/C=C\C/C=C\CCCCCCOCC(COP(=O)(O)OCCN)OC(=O)CCCCCCCCCCC/C=C\CCCCCCCCCC. The van der Waals surface area contributed by atoms with Crippen molar-refractivity contribution in [2.75, 3.05) is 33.0 Å². The van der Waals surface area contributed by atoms with Crippen molar-refractivity contribution in [2.24, 2.45) is 5.73 Å². The van der Waals surface area contributed by atoms with Crippen LogP contribution in [0.3, 0.4) is 0 Å². The smallest absolute Gasteiger partial charge is 0.457 e. The van der Waals surface area contributed by atoms with Gasteiger partial charge < -0.3 is 20.1 Å². The van der Waals surface area contributed by atoms with Crippen LogP contribution in [-0.4, -0.2) is 49.9 Å². The van der Waals surface area contributed by atoms with E-state index >= 15 is 0 Å². The fourth-order valence-electron chi connectivity index (χ4n) is 7.09. The van der Waals surface area contributed by atoms with Gasteiger partial charge in [-0.3, -0.25) is 13.8 Å². The summed E-state index contributed by atoms with van der Waals surface area (Å²) >= 11 is 0. The summed E-state index contributed by atoms with van der Waals surface area (Å²) in [6, 6.07) is 0. The molecule has 0 aliphatic carbocycles. The topological polar surface area (TPSA) is 117 Å². The Balaban J connectivity index is 4.03. The van der Waals surface area contributed by atoms with Gasteiger partial charge in [-0.2, -0.15) is 0 Å². The van der Waals surface area contributed by atoms with E-state index in [1.54, 1.807) is 0 Å². The number of phosphoric ester groups is 1. The first-order valence-corrected chi connectivity index (χ1v) is 28.2. The summed E-state index contributed by atoms with van der Waals surface area (Å²) in [5.74, 6) is -0.344. The minimum atomic E-state index is -4.30. The second-order valence-electron chi connectivity index (χ2n) is 17.4. The maximum atomic E-state index is 12.7. The number of allylic oxidation sites excluding steroid dienone is 16. The minimum Gasteiger partial charge on any atom is -0.457 e. The largest absolute Gasteiger partial charge is 0.472 e. The van der Waals surface area contributed by atoms with Crippen LogP contribution in [0.15, 0.2) is 97.2 Å². The zero-order chi connectivity index (χ0) is 48.0. The number of ether oxygens (including phenoxy) is 2. The molecule has 0 rings (SSSR count). The molecule has 3 N–H and O–H groups in total. The van der Waals surface area contributed by atoms with Gasteiger partial charge in [-0.1, -0.05) is 214 Å². The highest BCUT2D eigenvalue weighted by Gasteiger charge is 2.25. The average molecular weight is 942 g/mol. The molecule has 8 nitrogen and oxygen atoms in total. The predicted octanol–water partition coefficient (Wildman–Crippen LogP) is 17.0. The van der Waals surface area contributed by atoms with Gasteiger partial charge in [-0.05, 0) is 96.3 Å². The van der Waals surface area contributed by atoms with E-state index in [0.29, 0.717) is 13.0 Å². The summed E-state index contributed by atoms with van der Waals surface area (Å²) in [5, 5.41) is 0. The van der Waals surface area contributed by atoms with Crippen molar-refractivity contribution in [3.8, 4) is 0 Å². The summed E-state index contributed by atoms with van der Waals surface area (Å²) < 4.78 is 33.6. The summed E-state index contributed by atoms with van der Waals surface area (Å²) in [4.78, 5) is 22.6. The van der Waals surface area contributed by atoms with Gasteiger partial charge in [0.25, 0.3) is 0 Å². The second-order valence-corrected chi connectivity index (χ2v) is 18.8. The molecule has 9 heteroatoms. The Kier molecular flexibility index (Phi) is 51.3. The average Bonchev–Trinajstić information content (AvgIpc) is 3.31. The third kappa shape index (κ3) is 52.4. The van der Waals surface area contributed by atoms with Crippen LogP contribution in [0.1, 0.15) is 219 Å². The first kappa shape index (κ1) is 63.4. The maximum Gasteiger partial charge on any atom is 0.472 e. The van der Waals surface area contributed by atoms with Gasteiger partial charge in [-0.25, -0.2) is 4.57 Å². The Bertz CT molecular complexity index is 1330. The van der Waals surface area contributed by atoms with E-state index in [2.05, 4.69) is 111 Å². The molecule has 0 aliphatic rings. The normalized spacial score (nSPS) is 14.1. The summed E-state index contributed by atoms with van der Waals surface area (Å²) in [5.41, 5.74) is 5.39. The van der Waals surface area contributed by atoms with Gasteiger partial charge in [0, 0.05) is 19.6 Å². The first-order chi connectivity index (χ1) is 32.4. The van der Waals surface area contributed by atoms with Gasteiger partial charge in [0.1, 0.15) is 6.10 Å². The lowest BCUT2D eigenvalue weighted by Gasteiger charge is -2.20. The molecular weight excluding hydrogens is 842 g/mol. The van der Waals surface area contributed by atoms with Crippen molar-refractivity contribution >= 4 is 13.8 Å². The van der Waals surface area contributed by atoms with Gasteiger partial charge >= 0.3 is 13.8 Å². The third-order valence-electron chi connectivity index (χ3n) is 11.0. The van der Waals surface area contributed by atoms with E-state index in [-0.39, 0.29) is 32.3 Å². The quantitative estimate of drug-likeness (QED) is 0.0268. The van der Waals surface area contributed by atoms with Crippen LogP contribution in [0.2, 0.25) is 0 Å². The lowest BCUT2D eigenvalue weighted by atomic mass is 10.1. The molecule has 0 fully saturated rings. The number of hydrogen-bond donors (Lipinski definition) is 2. The summed E-state index contributed by atoms with van der Waals surface area (Å²) in [7, 11) is -4.30. The third-order valence-corrected chi connectivity index (χ3v) is 12.0. The fraction of sp³-hybridized carbons (Fsp3) is 0.702. The zero-order valence-corrected chi connectivity index (χ0v) is 43.3. The molecule has 0 bridgehead atoms. The minimum absolute atomic E-state index is 0.0906. The van der Waals surface area contributed by atoms with Crippen molar-refractivity contribution in [1.29, 1.82) is 0 Å². The molecule has 380 valence electrons. The molecule has 0 spiro atoms. The molecule has 0 amide bonds. The van der Waals surface area contributed by atoms with Gasteiger partial charge in [0.15, 0.2) is 0 Å². The van der Waals surface area contributed by atoms with Crippen LogP contribution in [0.25, 0.3) is 0 Å². The molecule has 2 atom stereocenters. The monoisotopic (exact) mass is 942 g/mol. The van der Waals surface area contributed by atoms with Crippen LogP contribution < -0.4 is 5.73 Å². The van der Waals surface area contributed by atoms with Gasteiger partial charge in [0.2, 0.25) is 0 Å². The Morgan fingerprint density at radius 3 is 1.29 bits per heavy atom. The number of phosphoric acid groups is 1. The van der Waals surface area contributed by atoms with Gasteiger partial charge in [0.05, 0.1) is 19.8 Å². The van der Waals surface area contributed by atoms with E-state index < -0.39 is 13.9 Å². The number of unbranched alkanes of at least 4 members (excludes halogenated alkanes) is 21. The molecular formula is C57H100NO7P. The fourth-order valence-corrected chi connectivity index (χ4v) is 7.85. The van der Waals surface area contributed by atoms with Crippen molar-refractivity contribution in [3.05, 3.63) is 97.2 Å². The van der Waals surface area contributed by atoms with E-state index in [4.69, 9.17) is 24.3 Å². The number of hydrogen-bond acceptors (Lipinski definition) is 7. The molecule has 0 aromatic rings. The summed E-state index contributed by atoms with van der Waals surface area (Å²) in [6.07, 6.45) is 71.6. The molecule has 0 radical (unpaired) electrons. The van der Waals surface area contributed by atoms with Crippen LogP contribution in [0.4, 0.5) is 0 Å². The zero-order valence-electron chi connectivity index (χ0n) is 42.4. The van der Waals surface area contributed by atoms with Crippen molar-refractivity contribution in [3.63, 3.8) is 0 Å². The standard InChI is InChI=1S/C57H100NO7P/c1-3-5-7-9-11-13-15-17-19-21-23-25-26-27-28-29-31-33-35-37-39-41-43-45-47-49-52-62-54-56(55-64-66(60,61)63-53-51-58)65-57(59)50-48-46-44-42-40-38-36-34-32-30-24-22-20-18-16-14-12-10-8-6-4-2/h5,7,11,13,17,19,22-25,27-28,31,33,37,39,56H,3-4,6,8-10,12,14-16,18,20-21,26,29-30,32,34-36,38,40-55,58H2,1-2H3,(H,60,61)/b7-5-,13-11-,19-17-,24-22-,25-23-,28-27-,33-31-,39-37-. The van der Waals surface area contributed by atoms with E-state index in [9.17, 15) is 14.3 Å². The number of carbonyl (C=O) groups is 1. The Morgan fingerprint density at radius 2 is 0.848 bits per heavy atom. The van der Waals surface area contributed by atoms with Crippen molar-refractivity contribution < 1.29 is 32.8 Å². The number of esters is 1. The first-order valence-electron chi connectivity index (χ1n) is 26.7. The molecule has 0 saturated heterocycles. The second kappa shape index (κ2) is 53.4. The summed E-state index contributed by atoms with van der Waals surface area (Å²) in [6.45, 7) is 4.74. The molecule has 0 aromatic heterocycles. The lowest BCUT2D eigenvalue weighted by molar-refractivity contribution is -0.154. The number of nitrogens with two attached hydrogens (primary N) is 1. The highest BCUT2D eigenvalue weighted by atomic mass is 31.2. The van der Waals surface area contributed by atoms with Crippen molar-refractivity contribution in [1.82, 2.24) is 0 Å². The van der Waals surface area contributed by atoms with E-state index in [0.717, 1.165) is 96.3 Å². The highest BCUT2D eigenvalue weighted by molar-refractivity contribution is 7.47. The molecule has 0 aromatic carbocycles. The molecule has 66 heavy (non-hydrogen) atoms. The lowest BCUT2D eigenvalue weighted by Crippen LogP contribution is -2.28. The molecule has 0 saturated carbocycles. The predicted molar refractivity (Wildman–Crippen MR) is 284 cm³/mol. The van der Waals surface area contributed by atoms with E-state index in [1.165, 1.54) is 103 Å². The van der Waals surface area contributed by atoms with Crippen LogP contribution in [0, 0.1) is 0 Å². The number of carbonyl (C=O) groups excluding carboxylic acids is 1. The van der Waals surface area contributed by atoms with Crippen LogP contribution in [-0.2, 0) is 27.9 Å². The number of rotatable bonds is 50. The molecule has 0 heterocycles. The highest BCUT2D eigenvalue weighted by Crippen LogP contribution is 2.43. The molecule has 0 aliphatic heterocycles. The Hall–Kier alpha value is -2.58. The van der Waals surface area contributed by atoms with Crippen LogP contribution in [0.5, 0.6) is 0 Å². The van der Waals surface area contributed by atoms with E-state index in [1.807, 2.05) is 0 Å². The Morgan fingerprint density at radius 1 is 0.470 bits per heavy atom. The molecule has 2 unspecified atom stereocenters. The van der Waals surface area contributed by atoms with Crippen molar-refractivity contribution in [2.45, 2.75) is 225 Å². The van der Waals surface area contributed by atoms with Gasteiger partial charge in [-0.15, -0.1) is 0 Å². The Labute approximate surface area is 406 Å². The van der Waals surface area contributed by atoms with Crippen LogP contribution >= 0.6 is 7.82 Å². The maximum absolute atomic E-state index is 12.7.